The molecule has 1 aliphatic heterocycles. The molecule has 0 radical (unpaired) electrons. The Bertz CT molecular complexity index is 899. The molecule has 3 rings (SSSR count). The Hall–Kier alpha value is -2.80. The van der Waals surface area contributed by atoms with Gasteiger partial charge < -0.3 is 24.1 Å². The summed E-state index contributed by atoms with van der Waals surface area (Å²) in [4.78, 5) is 30.6. The maximum atomic E-state index is 13.4. The minimum atomic E-state index is -0.380. The van der Waals surface area contributed by atoms with E-state index in [1.165, 1.54) is 0 Å². The molecule has 2 aromatic rings. The summed E-state index contributed by atoms with van der Waals surface area (Å²) in [6.45, 7) is 7.47. The third-order valence-corrected chi connectivity index (χ3v) is 5.47. The lowest BCUT2D eigenvalue weighted by molar-refractivity contribution is 0.0506. The molecule has 1 amide bonds. The molecule has 1 aromatic heterocycles. The third kappa shape index (κ3) is 4.84. The van der Waals surface area contributed by atoms with Gasteiger partial charge in [-0.25, -0.2) is 4.79 Å². The van der Waals surface area contributed by atoms with Gasteiger partial charge in [-0.1, -0.05) is 6.07 Å². The number of carbonyl (C=O) groups is 2. The number of methoxy groups -OCH3 is 1. The van der Waals surface area contributed by atoms with E-state index in [4.69, 9.17) is 14.2 Å². The number of benzene rings is 1. The van der Waals surface area contributed by atoms with Crippen molar-refractivity contribution >= 4 is 11.9 Å². The fourth-order valence-corrected chi connectivity index (χ4v) is 3.82. The average Bonchev–Trinajstić information content (AvgIpc) is 3.36. The van der Waals surface area contributed by atoms with Crippen LogP contribution in [0.5, 0.6) is 5.75 Å². The van der Waals surface area contributed by atoms with E-state index in [2.05, 4.69) is 4.98 Å². The monoisotopic (exact) mass is 414 g/mol. The van der Waals surface area contributed by atoms with Crippen LogP contribution in [0.4, 0.5) is 0 Å². The van der Waals surface area contributed by atoms with Crippen LogP contribution in [0.3, 0.4) is 0 Å². The maximum Gasteiger partial charge on any atom is 0.355 e. The number of hydrogen-bond acceptors (Lipinski definition) is 5. The Kier molecular flexibility index (Phi) is 7.15. The van der Waals surface area contributed by atoms with Crippen LogP contribution in [-0.2, 0) is 16.0 Å². The van der Waals surface area contributed by atoms with Crippen LogP contribution in [0.15, 0.2) is 24.3 Å². The van der Waals surface area contributed by atoms with Crippen molar-refractivity contribution in [2.45, 2.75) is 46.3 Å². The first-order valence-electron chi connectivity index (χ1n) is 10.3. The predicted octanol–water partition coefficient (Wildman–Crippen LogP) is 3.64. The molecule has 0 saturated carbocycles. The van der Waals surface area contributed by atoms with Gasteiger partial charge in [-0.15, -0.1) is 0 Å². The van der Waals surface area contributed by atoms with Crippen molar-refractivity contribution in [3.63, 3.8) is 0 Å². The number of carbonyl (C=O) groups excluding carboxylic acids is 2. The number of aromatic nitrogens is 1. The summed E-state index contributed by atoms with van der Waals surface area (Å²) < 4.78 is 16.2. The van der Waals surface area contributed by atoms with Crippen molar-refractivity contribution in [3.8, 4) is 5.75 Å². The summed E-state index contributed by atoms with van der Waals surface area (Å²) in [5.41, 5.74) is 3.58. The number of esters is 1. The highest BCUT2D eigenvalue weighted by atomic mass is 16.5. The van der Waals surface area contributed by atoms with E-state index in [0.717, 1.165) is 36.3 Å². The number of ether oxygens (including phenoxy) is 3. The van der Waals surface area contributed by atoms with Crippen LogP contribution in [0.2, 0.25) is 0 Å². The molecule has 30 heavy (non-hydrogen) atoms. The molecule has 0 unspecified atom stereocenters. The number of aryl methyl sites for hydroxylation is 1. The first-order valence-corrected chi connectivity index (χ1v) is 10.3. The maximum absolute atomic E-state index is 13.4. The number of aromatic amines is 1. The van der Waals surface area contributed by atoms with Gasteiger partial charge in [0.05, 0.1) is 19.8 Å². The van der Waals surface area contributed by atoms with E-state index in [1.54, 1.807) is 31.1 Å². The Morgan fingerprint density at radius 2 is 2.10 bits per heavy atom. The molecule has 1 aromatic carbocycles. The van der Waals surface area contributed by atoms with E-state index in [9.17, 15) is 9.59 Å². The summed E-state index contributed by atoms with van der Waals surface area (Å²) in [6, 6.07) is 7.15. The second kappa shape index (κ2) is 9.80. The third-order valence-electron chi connectivity index (χ3n) is 5.47. The molecule has 1 aliphatic rings. The number of amides is 1. The van der Waals surface area contributed by atoms with Crippen molar-refractivity contribution in [2.75, 3.05) is 26.9 Å². The summed E-state index contributed by atoms with van der Waals surface area (Å²) in [5, 5.41) is 0. The zero-order valence-corrected chi connectivity index (χ0v) is 18.1. The molecule has 7 nitrogen and oxygen atoms in total. The van der Waals surface area contributed by atoms with Crippen LogP contribution in [0.1, 0.15) is 57.4 Å². The van der Waals surface area contributed by atoms with Gasteiger partial charge in [-0.05, 0) is 62.9 Å². The molecule has 0 bridgehead atoms. The van der Waals surface area contributed by atoms with E-state index < -0.39 is 0 Å². The lowest BCUT2D eigenvalue weighted by atomic mass is 10.1. The SMILES string of the molecule is CCOC(=O)c1[nH]c(C)c(CN(C[C@H]2CCCO2)C(=O)c2cccc(OC)c2)c1C. The molecule has 7 heteroatoms. The minimum Gasteiger partial charge on any atom is -0.497 e. The molecule has 0 spiro atoms. The second-order valence-electron chi connectivity index (χ2n) is 7.50. The topological polar surface area (TPSA) is 80.9 Å². The van der Waals surface area contributed by atoms with E-state index >= 15 is 0 Å². The van der Waals surface area contributed by atoms with Gasteiger partial charge in [0.1, 0.15) is 11.4 Å². The number of H-pyrrole nitrogens is 1. The minimum absolute atomic E-state index is 0.0173. The highest BCUT2D eigenvalue weighted by Crippen LogP contribution is 2.24. The van der Waals surface area contributed by atoms with Crippen molar-refractivity contribution in [3.05, 3.63) is 52.3 Å². The molecule has 1 saturated heterocycles. The molecular formula is C23H30N2O5. The van der Waals surface area contributed by atoms with Crippen molar-refractivity contribution in [1.29, 1.82) is 0 Å². The lowest BCUT2D eigenvalue weighted by Crippen LogP contribution is -2.37. The Balaban J connectivity index is 1.89. The highest BCUT2D eigenvalue weighted by molar-refractivity contribution is 5.95. The normalized spacial score (nSPS) is 15.8. The fourth-order valence-electron chi connectivity index (χ4n) is 3.82. The predicted molar refractivity (Wildman–Crippen MR) is 113 cm³/mol. The van der Waals surface area contributed by atoms with E-state index in [1.807, 2.05) is 26.0 Å². The Morgan fingerprint density at radius 1 is 1.30 bits per heavy atom. The zero-order valence-electron chi connectivity index (χ0n) is 18.1. The average molecular weight is 415 g/mol. The number of hydrogen-bond donors (Lipinski definition) is 1. The van der Waals surface area contributed by atoms with E-state index in [0.29, 0.717) is 36.7 Å². The molecule has 1 N–H and O–H groups in total. The number of rotatable bonds is 8. The zero-order chi connectivity index (χ0) is 21.7. The Morgan fingerprint density at radius 3 is 2.77 bits per heavy atom. The van der Waals surface area contributed by atoms with Crippen LogP contribution < -0.4 is 4.74 Å². The molecule has 2 heterocycles. The summed E-state index contributed by atoms with van der Waals surface area (Å²) in [5.74, 6) is 0.160. The molecular weight excluding hydrogens is 384 g/mol. The van der Waals surface area contributed by atoms with Crippen molar-refractivity contribution in [1.82, 2.24) is 9.88 Å². The van der Waals surface area contributed by atoms with Crippen LogP contribution in [0.25, 0.3) is 0 Å². The van der Waals surface area contributed by atoms with Crippen molar-refractivity contribution in [2.24, 2.45) is 0 Å². The quantitative estimate of drug-likeness (QED) is 0.667. The number of nitrogens with zero attached hydrogens (tertiary/aromatic N) is 1. The van der Waals surface area contributed by atoms with Gasteiger partial charge in [-0.2, -0.15) is 0 Å². The van der Waals surface area contributed by atoms with Crippen molar-refractivity contribution < 1.29 is 23.8 Å². The number of nitrogens with one attached hydrogen (secondary N) is 1. The van der Waals surface area contributed by atoms with Crippen LogP contribution >= 0.6 is 0 Å². The van der Waals surface area contributed by atoms with Gasteiger partial charge in [0.15, 0.2) is 0 Å². The van der Waals surface area contributed by atoms with E-state index in [-0.39, 0.29) is 18.0 Å². The van der Waals surface area contributed by atoms with Crippen LogP contribution in [0, 0.1) is 13.8 Å². The Labute approximate surface area is 177 Å². The molecule has 1 atom stereocenters. The van der Waals surface area contributed by atoms with Gasteiger partial charge in [0.2, 0.25) is 0 Å². The fraction of sp³-hybridized carbons (Fsp3) is 0.478. The highest BCUT2D eigenvalue weighted by Gasteiger charge is 2.27. The standard InChI is InChI=1S/C23H30N2O5/c1-5-29-23(27)21-15(2)20(16(3)24-21)14-25(13-19-10-7-11-30-19)22(26)17-8-6-9-18(12-17)28-4/h6,8-9,12,19,24H,5,7,10-11,13-14H2,1-4H3/t19-/m1/s1. The first kappa shape index (κ1) is 21.9. The lowest BCUT2D eigenvalue weighted by Gasteiger charge is -2.26. The summed E-state index contributed by atoms with van der Waals surface area (Å²) in [6.07, 6.45) is 1.95. The smallest absolute Gasteiger partial charge is 0.355 e. The summed E-state index contributed by atoms with van der Waals surface area (Å²) in [7, 11) is 1.58. The summed E-state index contributed by atoms with van der Waals surface area (Å²) >= 11 is 0. The van der Waals surface area contributed by atoms with Gasteiger partial charge in [0, 0.05) is 31.0 Å². The van der Waals surface area contributed by atoms with Gasteiger partial charge in [0.25, 0.3) is 5.91 Å². The first-order chi connectivity index (χ1) is 14.4. The van der Waals surface area contributed by atoms with Gasteiger partial charge in [-0.3, -0.25) is 4.79 Å². The molecule has 162 valence electrons. The van der Waals surface area contributed by atoms with Gasteiger partial charge >= 0.3 is 5.97 Å². The second-order valence-corrected chi connectivity index (χ2v) is 7.50. The largest absolute Gasteiger partial charge is 0.497 e. The molecule has 0 aliphatic carbocycles. The molecule has 1 fully saturated rings. The van der Waals surface area contributed by atoms with Crippen LogP contribution in [-0.4, -0.2) is 54.7 Å².